The molecule has 2 amide bonds. The van der Waals surface area contributed by atoms with Gasteiger partial charge in [0.05, 0.1) is 34.2 Å². The minimum atomic E-state index is -3.75. The summed E-state index contributed by atoms with van der Waals surface area (Å²) in [5.41, 5.74) is 2.13. The maximum Gasteiger partial charge on any atom is 0.255 e. The molecule has 5 rings (SSSR count). The molecule has 47 heavy (non-hydrogen) atoms. The Morgan fingerprint density at radius 1 is 0.617 bits per heavy atom. The van der Waals surface area contributed by atoms with Crippen molar-refractivity contribution in [3.63, 3.8) is 0 Å². The molecule has 0 radical (unpaired) electrons. The molecule has 2 fully saturated rings. The Morgan fingerprint density at radius 2 is 1.00 bits per heavy atom. The zero-order chi connectivity index (χ0) is 34.1. The number of hydrogen-bond acceptors (Lipinski definition) is 8. The molecule has 14 heteroatoms. The number of benzene rings is 3. The second-order valence-corrected chi connectivity index (χ2v) is 16.0. The molecule has 0 aliphatic carbocycles. The van der Waals surface area contributed by atoms with Gasteiger partial charge < -0.3 is 20.1 Å². The largest absolute Gasteiger partial charge is 0.373 e. The quantitative estimate of drug-likeness (QED) is 0.360. The van der Waals surface area contributed by atoms with Crippen LogP contribution >= 0.6 is 0 Å². The molecule has 4 atom stereocenters. The van der Waals surface area contributed by atoms with E-state index in [0.29, 0.717) is 11.4 Å². The molecule has 0 saturated carbocycles. The molecule has 12 nitrogen and oxygen atoms in total. The highest BCUT2D eigenvalue weighted by atomic mass is 32.2. The van der Waals surface area contributed by atoms with E-state index < -0.39 is 31.9 Å². The summed E-state index contributed by atoms with van der Waals surface area (Å²) in [4.78, 5) is 26.3. The summed E-state index contributed by atoms with van der Waals surface area (Å²) in [6.45, 7) is 10.1. The predicted octanol–water partition coefficient (Wildman–Crippen LogP) is 4.10. The van der Waals surface area contributed by atoms with Gasteiger partial charge in [0.2, 0.25) is 20.0 Å². The summed E-state index contributed by atoms with van der Waals surface area (Å²) in [6, 6.07) is 16.5. The van der Waals surface area contributed by atoms with E-state index in [1.54, 1.807) is 25.1 Å². The van der Waals surface area contributed by atoms with Gasteiger partial charge in [0.1, 0.15) is 0 Å². The SMILES string of the molecule is Cc1ccc(NC(=O)c2ccc(S(=O)(=O)N3C[C@H](C)O[C@@H](C)C3)cc2)cc1NC(=O)c1ccc(S(=O)(=O)N2C[C@@H](C)O[C@@H](C)C2)cc1. The summed E-state index contributed by atoms with van der Waals surface area (Å²) in [5, 5.41) is 5.61. The van der Waals surface area contributed by atoms with Gasteiger partial charge in [-0.3, -0.25) is 9.59 Å². The highest BCUT2D eigenvalue weighted by Gasteiger charge is 2.33. The van der Waals surface area contributed by atoms with Crippen LogP contribution in [0.4, 0.5) is 11.4 Å². The van der Waals surface area contributed by atoms with Crippen LogP contribution in [0.2, 0.25) is 0 Å². The van der Waals surface area contributed by atoms with Crippen molar-refractivity contribution < 1.29 is 35.9 Å². The van der Waals surface area contributed by atoms with Crippen molar-refractivity contribution in [1.82, 2.24) is 8.61 Å². The second-order valence-electron chi connectivity index (χ2n) is 12.1. The molecule has 0 aromatic heterocycles. The van der Waals surface area contributed by atoms with E-state index in [0.717, 1.165) is 5.56 Å². The number of morpholine rings is 2. The first-order valence-corrected chi connectivity index (χ1v) is 18.3. The monoisotopic (exact) mass is 684 g/mol. The number of hydrogen-bond donors (Lipinski definition) is 2. The first-order valence-electron chi connectivity index (χ1n) is 15.4. The van der Waals surface area contributed by atoms with Crippen molar-refractivity contribution >= 4 is 43.2 Å². The van der Waals surface area contributed by atoms with Crippen molar-refractivity contribution in [3.8, 4) is 0 Å². The topological polar surface area (TPSA) is 151 Å². The van der Waals surface area contributed by atoms with Crippen LogP contribution in [0, 0.1) is 6.92 Å². The van der Waals surface area contributed by atoms with Crippen LogP contribution in [0.15, 0.2) is 76.5 Å². The average Bonchev–Trinajstić information content (AvgIpc) is 3.02. The standard InChI is InChI=1S/C33H40N4O8S2/c1-21-6-11-28(34-32(38)26-7-12-29(13-8-26)46(40,41)36-17-22(2)44-23(3)18-36)16-31(21)35-33(39)27-9-14-30(15-10-27)47(42,43)37-19-24(4)45-25(5)20-37/h6-16,22-25H,17-20H2,1-5H3,(H,34,38)(H,35,39)/t22-,23-,24-,25+/m0/s1. The van der Waals surface area contributed by atoms with Gasteiger partial charge in [-0.2, -0.15) is 8.61 Å². The number of ether oxygens (including phenoxy) is 2. The highest BCUT2D eigenvalue weighted by Crippen LogP contribution is 2.25. The van der Waals surface area contributed by atoms with Gasteiger partial charge in [-0.15, -0.1) is 0 Å². The van der Waals surface area contributed by atoms with Crippen LogP contribution in [0.3, 0.4) is 0 Å². The van der Waals surface area contributed by atoms with E-state index in [4.69, 9.17) is 9.47 Å². The van der Waals surface area contributed by atoms with Crippen LogP contribution in [-0.2, 0) is 29.5 Å². The van der Waals surface area contributed by atoms with E-state index in [2.05, 4.69) is 10.6 Å². The van der Waals surface area contributed by atoms with Crippen LogP contribution in [0.25, 0.3) is 0 Å². The van der Waals surface area contributed by atoms with Gasteiger partial charge in [0.25, 0.3) is 11.8 Å². The van der Waals surface area contributed by atoms with E-state index >= 15 is 0 Å². The zero-order valence-corrected chi connectivity index (χ0v) is 28.6. The Morgan fingerprint density at radius 3 is 1.40 bits per heavy atom. The smallest absolute Gasteiger partial charge is 0.255 e. The van der Waals surface area contributed by atoms with Gasteiger partial charge in [-0.25, -0.2) is 16.8 Å². The van der Waals surface area contributed by atoms with Crippen molar-refractivity contribution in [3.05, 3.63) is 83.4 Å². The van der Waals surface area contributed by atoms with Gasteiger partial charge in [-0.05, 0) is 101 Å². The molecule has 2 saturated heterocycles. The lowest BCUT2D eigenvalue weighted by Gasteiger charge is -2.34. The summed E-state index contributed by atoms with van der Waals surface area (Å²) in [6.07, 6.45) is -0.886. The number of rotatable bonds is 8. The van der Waals surface area contributed by atoms with E-state index in [-0.39, 0.29) is 71.5 Å². The summed E-state index contributed by atoms with van der Waals surface area (Å²) in [5.74, 6) is -0.903. The molecular weight excluding hydrogens is 645 g/mol. The number of amides is 2. The Kier molecular flexibility index (Phi) is 10.2. The second kappa shape index (κ2) is 13.8. The van der Waals surface area contributed by atoms with Gasteiger partial charge in [-0.1, -0.05) is 6.07 Å². The Bertz CT molecular complexity index is 1830. The third kappa shape index (κ3) is 7.91. The maximum absolute atomic E-state index is 13.2. The Balaban J connectivity index is 1.23. The van der Waals surface area contributed by atoms with Crippen molar-refractivity contribution in [2.45, 2.75) is 68.8 Å². The Hall–Kier alpha value is -3.66. The number of anilines is 2. The zero-order valence-electron chi connectivity index (χ0n) is 27.0. The van der Waals surface area contributed by atoms with Crippen LogP contribution in [0.1, 0.15) is 54.0 Å². The lowest BCUT2D eigenvalue weighted by atomic mass is 10.1. The lowest BCUT2D eigenvalue weighted by molar-refractivity contribution is -0.0442. The lowest BCUT2D eigenvalue weighted by Crippen LogP contribution is -2.48. The van der Waals surface area contributed by atoms with Gasteiger partial charge in [0, 0.05) is 48.7 Å². The van der Waals surface area contributed by atoms with Gasteiger partial charge in [0.15, 0.2) is 0 Å². The first-order chi connectivity index (χ1) is 22.1. The van der Waals surface area contributed by atoms with E-state index in [1.807, 2.05) is 27.7 Å². The summed E-state index contributed by atoms with van der Waals surface area (Å²) in [7, 11) is -7.50. The van der Waals surface area contributed by atoms with Crippen LogP contribution in [0.5, 0.6) is 0 Å². The van der Waals surface area contributed by atoms with Crippen LogP contribution < -0.4 is 10.6 Å². The molecule has 0 bridgehead atoms. The molecule has 252 valence electrons. The van der Waals surface area contributed by atoms with Crippen LogP contribution in [-0.4, -0.2) is 87.9 Å². The third-order valence-electron chi connectivity index (χ3n) is 8.02. The normalized spacial score (nSPS) is 22.8. The molecule has 0 spiro atoms. The molecule has 2 heterocycles. The maximum atomic E-state index is 13.2. The number of carbonyl (C=O) groups is 2. The minimum Gasteiger partial charge on any atom is -0.373 e. The number of nitrogens with zero attached hydrogens (tertiary/aromatic N) is 2. The third-order valence-corrected chi connectivity index (χ3v) is 11.7. The molecule has 3 aromatic carbocycles. The molecular formula is C33H40N4O8S2. The number of sulfonamides is 2. The first kappa shape index (κ1) is 34.7. The fourth-order valence-electron chi connectivity index (χ4n) is 5.74. The summed E-state index contributed by atoms with van der Waals surface area (Å²) >= 11 is 0. The summed E-state index contributed by atoms with van der Waals surface area (Å²) < 4.78 is 66.8. The molecule has 2 aliphatic heterocycles. The predicted molar refractivity (Wildman–Crippen MR) is 178 cm³/mol. The minimum absolute atomic E-state index is 0.0895. The number of carbonyl (C=O) groups excluding carboxylic acids is 2. The molecule has 3 aromatic rings. The van der Waals surface area contributed by atoms with Crippen molar-refractivity contribution in [1.29, 1.82) is 0 Å². The fourth-order valence-corrected chi connectivity index (χ4v) is 8.92. The Labute approximate surface area is 276 Å². The van der Waals surface area contributed by atoms with Gasteiger partial charge >= 0.3 is 0 Å². The van der Waals surface area contributed by atoms with E-state index in [9.17, 15) is 26.4 Å². The fraction of sp³-hybridized carbons (Fsp3) is 0.394. The molecule has 2 N–H and O–H groups in total. The molecule has 2 aliphatic rings. The number of aryl methyl sites for hydroxylation is 1. The van der Waals surface area contributed by atoms with E-state index in [1.165, 1.54) is 57.1 Å². The van der Waals surface area contributed by atoms with Crippen molar-refractivity contribution in [2.75, 3.05) is 36.8 Å². The molecule has 0 unspecified atom stereocenters. The average molecular weight is 685 g/mol. The van der Waals surface area contributed by atoms with Crippen molar-refractivity contribution in [2.24, 2.45) is 0 Å². The number of nitrogens with one attached hydrogen (secondary N) is 2. The highest BCUT2D eigenvalue weighted by molar-refractivity contribution is 7.89.